The predicted molar refractivity (Wildman–Crippen MR) is 155 cm³/mol. The fourth-order valence-electron chi connectivity index (χ4n) is 5.91. The number of hydrogen-bond acceptors (Lipinski definition) is 11. The Kier molecular flexibility index (Phi) is 6.81. The molecule has 1 aliphatic carbocycles. The van der Waals surface area contributed by atoms with Gasteiger partial charge in [0.15, 0.2) is 23.8 Å². The van der Waals surface area contributed by atoms with Crippen LogP contribution in [0.3, 0.4) is 0 Å². The molecule has 1 amide bonds. The number of amides is 1. The summed E-state index contributed by atoms with van der Waals surface area (Å²) >= 11 is 0. The number of nitrogens with zero attached hydrogens (tertiary/aromatic N) is 8. The lowest BCUT2D eigenvalue weighted by Crippen LogP contribution is -2.47. The van der Waals surface area contributed by atoms with Crippen LogP contribution >= 0.6 is 0 Å². The molecule has 14 nitrogen and oxygen atoms in total. The lowest BCUT2D eigenvalue weighted by molar-refractivity contribution is -0.140. The Morgan fingerprint density at radius 3 is 2.47 bits per heavy atom. The third-order valence-corrected chi connectivity index (χ3v) is 8.12. The third-order valence-electron chi connectivity index (χ3n) is 8.12. The molecule has 5 heterocycles. The van der Waals surface area contributed by atoms with Crippen LogP contribution in [0.25, 0.3) is 33.8 Å². The molecule has 43 heavy (non-hydrogen) atoms. The number of rotatable bonds is 6. The molecular formula is C29H35N9O5. The second kappa shape index (κ2) is 10.3. The van der Waals surface area contributed by atoms with Crippen LogP contribution in [-0.2, 0) is 15.1 Å². The van der Waals surface area contributed by atoms with E-state index in [1.165, 1.54) is 6.33 Å². The smallest absolute Gasteiger partial charge is 0.410 e. The van der Waals surface area contributed by atoms with Crippen LogP contribution in [0.4, 0.5) is 10.6 Å². The van der Waals surface area contributed by atoms with Crippen LogP contribution < -0.4 is 5.73 Å². The monoisotopic (exact) mass is 589 g/mol. The summed E-state index contributed by atoms with van der Waals surface area (Å²) in [6.45, 7) is 10.4. The number of fused-ring (bicyclic) bond motifs is 1. The van der Waals surface area contributed by atoms with Gasteiger partial charge in [-0.25, -0.2) is 34.2 Å². The van der Waals surface area contributed by atoms with Gasteiger partial charge in [0.25, 0.3) is 0 Å². The second-order valence-corrected chi connectivity index (χ2v) is 13.0. The minimum Gasteiger partial charge on any atom is -0.479 e. The number of nitrogen functional groups attached to an aromatic ring is 1. The first kappa shape index (κ1) is 28.5. The number of aliphatic carboxylic acids is 1. The fourth-order valence-corrected chi connectivity index (χ4v) is 5.91. The molecule has 14 heteroatoms. The number of carbonyl (C=O) groups is 2. The van der Waals surface area contributed by atoms with Gasteiger partial charge in [0.2, 0.25) is 0 Å². The van der Waals surface area contributed by atoms with Crippen LogP contribution in [0.1, 0.15) is 77.0 Å². The number of carboxylic acid groups (broad SMARTS) is 1. The fraction of sp³-hybridized carbons (Fsp3) is 0.517. The summed E-state index contributed by atoms with van der Waals surface area (Å²) in [4.78, 5) is 43.1. The van der Waals surface area contributed by atoms with E-state index in [0.29, 0.717) is 59.1 Å². The van der Waals surface area contributed by atoms with E-state index < -0.39 is 18.7 Å². The Balaban J connectivity index is 1.34. The van der Waals surface area contributed by atoms with Crippen molar-refractivity contribution in [2.75, 3.05) is 25.4 Å². The molecule has 3 N–H and O–H groups in total. The number of anilines is 1. The van der Waals surface area contributed by atoms with E-state index in [4.69, 9.17) is 35.2 Å². The molecule has 6 rings (SSSR count). The highest BCUT2D eigenvalue weighted by molar-refractivity contribution is 6.00. The van der Waals surface area contributed by atoms with Crippen LogP contribution in [0.2, 0.25) is 0 Å². The first-order valence-electron chi connectivity index (χ1n) is 14.3. The molecule has 226 valence electrons. The largest absolute Gasteiger partial charge is 0.479 e. The molecule has 2 fully saturated rings. The maximum Gasteiger partial charge on any atom is 0.410 e. The molecule has 0 aromatic carbocycles. The molecule has 1 saturated carbocycles. The molecule has 1 atom stereocenters. The number of ether oxygens (including phenoxy) is 1. The van der Waals surface area contributed by atoms with Crippen molar-refractivity contribution in [3.05, 3.63) is 30.0 Å². The molecule has 4 aromatic rings. The van der Waals surface area contributed by atoms with Crippen molar-refractivity contribution in [3.63, 3.8) is 0 Å². The van der Waals surface area contributed by atoms with Crippen molar-refractivity contribution in [1.82, 2.24) is 39.8 Å². The first-order valence-corrected chi connectivity index (χ1v) is 14.3. The van der Waals surface area contributed by atoms with E-state index >= 15 is 0 Å². The minimum atomic E-state index is -1.19. The zero-order valence-corrected chi connectivity index (χ0v) is 24.9. The number of hydrogen-bond donors (Lipinski definition) is 2. The lowest BCUT2D eigenvalue weighted by Gasteiger charge is -2.43. The normalized spacial score (nSPS) is 18.6. The molecule has 2 aliphatic rings. The van der Waals surface area contributed by atoms with Gasteiger partial charge < -0.3 is 25.0 Å². The lowest BCUT2D eigenvalue weighted by atomic mass is 9.71. The zero-order chi connectivity index (χ0) is 30.7. The van der Waals surface area contributed by atoms with Gasteiger partial charge in [-0.2, -0.15) is 5.10 Å². The maximum absolute atomic E-state index is 12.4. The molecule has 1 unspecified atom stereocenters. The summed E-state index contributed by atoms with van der Waals surface area (Å²) in [5.74, 6) is 0.613. The summed E-state index contributed by atoms with van der Waals surface area (Å²) in [6, 6.07) is 0. The summed E-state index contributed by atoms with van der Waals surface area (Å²) in [5, 5.41) is 18.8. The number of likely N-dealkylation sites (tertiary alicyclic amines) is 1. The average Bonchev–Trinajstić information content (AvgIpc) is 3.56. The van der Waals surface area contributed by atoms with Crippen molar-refractivity contribution in [2.24, 2.45) is 5.41 Å². The van der Waals surface area contributed by atoms with Crippen LogP contribution in [-0.4, -0.2) is 76.6 Å². The Labute approximate surface area is 247 Å². The van der Waals surface area contributed by atoms with Crippen molar-refractivity contribution in [2.45, 2.75) is 71.3 Å². The van der Waals surface area contributed by atoms with Gasteiger partial charge in [0, 0.05) is 31.4 Å². The molecule has 1 saturated heterocycles. The standard InChI is InChI=1S/C29H35N9O5/c1-28(2,3)38-26-20(24(30)33-14-34-26)21(35-38)22-19(23(43-36-22)15-6-7-15)25-31-10-16(11-32-25)17-8-9-37(13-29(17,4)5)27(41)42-12-18(39)40/h10-11,14-15,17H,6-9,12-13H2,1-5H3,(H,39,40)(H2,30,33,34). The summed E-state index contributed by atoms with van der Waals surface area (Å²) in [6.07, 6.45) is 7.08. The molecule has 0 radical (unpaired) electrons. The van der Waals surface area contributed by atoms with Gasteiger partial charge >= 0.3 is 12.1 Å². The molecular weight excluding hydrogens is 554 g/mol. The Hall–Kier alpha value is -4.62. The van der Waals surface area contributed by atoms with Crippen LogP contribution in [0.5, 0.6) is 0 Å². The van der Waals surface area contributed by atoms with E-state index in [-0.39, 0.29) is 22.8 Å². The predicted octanol–water partition coefficient (Wildman–Crippen LogP) is 4.19. The minimum absolute atomic E-state index is 0.0679. The SMILES string of the molecule is CC1(C)CN(C(=O)OCC(=O)O)CCC1c1cnc(-c2c(-c3nn(C(C)(C)C)c4ncnc(N)c34)noc2C2CC2)nc1. The highest BCUT2D eigenvalue weighted by Gasteiger charge is 2.40. The summed E-state index contributed by atoms with van der Waals surface area (Å²) in [7, 11) is 0. The third kappa shape index (κ3) is 5.25. The van der Waals surface area contributed by atoms with Gasteiger partial charge in [0.1, 0.15) is 23.5 Å². The van der Waals surface area contributed by atoms with E-state index in [0.717, 1.165) is 24.2 Å². The second-order valence-electron chi connectivity index (χ2n) is 13.0. The first-order chi connectivity index (χ1) is 20.3. The Morgan fingerprint density at radius 2 is 1.84 bits per heavy atom. The molecule has 4 aromatic heterocycles. The van der Waals surface area contributed by atoms with E-state index in [1.807, 2.05) is 37.8 Å². The highest BCUT2D eigenvalue weighted by Crippen LogP contribution is 2.48. The topological polar surface area (TPSA) is 188 Å². The van der Waals surface area contributed by atoms with Gasteiger partial charge in [-0.3, -0.25) is 0 Å². The van der Waals surface area contributed by atoms with E-state index in [1.54, 1.807) is 4.90 Å². The number of aromatic nitrogens is 7. The Bertz CT molecular complexity index is 1700. The summed E-state index contributed by atoms with van der Waals surface area (Å²) in [5.41, 5.74) is 8.89. The molecule has 0 spiro atoms. The molecule has 1 aliphatic heterocycles. The van der Waals surface area contributed by atoms with Crippen LogP contribution in [0, 0.1) is 5.41 Å². The number of piperidine rings is 1. The average molecular weight is 590 g/mol. The zero-order valence-electron chi connectivity index (χ0n) is 24.9. The van der Waals surface area contributed by atoms with Gasteiger partial charge in [-0.1, -0.05) is 19.0 Å². The summed E-state index contributed by atoms with van der Waals surface area (Å²) < 4.78 is 12.6. The van der Waals surface area contributed by atoms with Gasteiger partial charge in [0.05, 0.1) is 16.5 Å². The number of nitrogens with two attached hydrogens (primary N) is 1. The van der Waals surface area contributed by atoms with Crippen molar-refractivity contribution < 1.29 is 24.0 Å². The van der Waals surface area contributed by atoms with Crippen molar-refractivity contribution >= 4 is 28.9 Å². The van der Waals surface area contributed by atoms with Crippen molar-refractivity contribution in [1.29, 1.82) is 0 Å². The van der Waals surface area contributed by atoms with Gasteiger partial charge in [-0.15, -0.1) is 0 Å². The van der Waals surface area contributed by atoms with Gasteiger partial charge in [-0.05, 0) is 56.9 Å². The molecule has 0 bridgehead atoms. The number of carboxylic acids is 1. The highest BCUT2D eigenvalue weighted by atomic mass is 16.6. The van der Waals surface area contributed by atoms with Crippen LogP contribution in [0.15, 0.2) is 23.2 Å². The Morgan fingerprint density at radius 1 is 1.12 bits per heavy atom. The van der Waals surface area contributed by atoms with E-state index in [2.05, 4.69) is 29.0 Å². The quantitative estimate of drug-likeness (QED) is 0.327. The maximum atomic E-state index is 12.4. The van der Waals surface area contributed by atoms with E-state index in [9.17, 15) is 9.59 Å². The van der Waals surface area contributed by atoms with Crippen molar-refractivity contribution in [3.8, 4) is 22.8 Å². The number of carbonyl (C=O) groups excluding carboxylic acids is 1.